The Morgan fingerprint density at radius 3 is 2.17 bits per heavy atom. The van der Waals surface area contributed by atoms with E-state index in [0.717, 1.165) is 24.8 Å². The lowest BCUT2D eigenvalue weighted by Crippen LogP contribution is -2.09. The first-order chi connectivity index (χ1) is 11.2. The van der Waals surface area contributed by atoms with Crippen LogP contribution in [0.25, 0.3) is 0 Å². The summed E-state index contributed by atoms with van der Waals surface area (Å²) in [7, 11) is 0. The van der Waals surface area contributed by atoms with E-state index in [0.29, 0.717) is 18.9 Å². The van der Waals surface area contributed by atoms with Gasteiger partial charge in [-0.05, 0) is 29.9 Å². The van der Waals surface area contributed by atoms with Gasteiger partial charge in [0.05, 0.1) is 0 Å². The fourth-order valence-electron chi connectivity index (χ4n) is 2.65. The molecule has 0 aliphatic heterocycles. The molecule has 0 radical (unpaired) electrons. The summed E-state index contributed by atoms with van der Waals surface area (Å²) < 4.78 is 5.34. The van der Waals surface area contributed by atoms with Crippen molar-refractivity contribution in [2.24, 2.45) is 5.92 Å². The van der Waals surface area contributed by atoms with Gasteiger partial charge in [-0.1, -0.05) is 80.4 Å². The van der Waals surface area contributed by atoms with E-state index in [1.165, 1.54) is 12.0 Å². The number of unbranched alkanes of at least 4 members (excludes halogenated alkanes) is 1. The van der Waals surface area contributed by atoms with Crippen LogP contribution < -0.4 is 0 Å². The molecule has 0 aliphatic carbocycles. The molecular formula is C21H26O2. The van der Waals surface area contributed by atoms with Gasteiger partial charge in [0.2, 0.25) is 0 Å². The summed E-state index contributed by atoms with van der Waals surface area (Å²) >= 11 is 0. The Hall–Kier alpha value is -2.09. The average molecular weight is 310 g/mol. The molecule has 0 heterocycles. The third kappa shape index (κ3) is 7.14. The number of carbonyl (C=O) groups excluding carboxylic acids is 1. The van der Waals surface area contributed by atoms with E-state index in [9.17, 15) is 4.79 Å². The molecule has 0 spiro atoms. The van der Waals surface area contributed by atoms with Crippen LogP contribution in [0.1, 0.15) is 43.7 Å². The van der Waals surface area contributed by atoms with Gasteiger partial charge in [-0.2, -0.15) is 0 Å². The Balaban J connectivity index is 1.57. The molecule has 0 bridgehead atoms. The number of esters is 1. The fraction of sp³-hybridized carbons (Fsp3) is 0.381. The number of ether oxygens (including phenoxy) is 1. The fourth-order valence-corrected chi connectivity index (χ4v) is 2.65. The Kier molecular flexibility index (Phi) is 7.38. The molecule has 1 atom stereocenters. The maximum Gasteiger partial charge on any atom is 0.306 e. The minimum absolute atomic E-state index is 0.0931. The van der Waals surface area contributed by atoms with Crippen molar-refractivity contribution < 1.29 is 9.53 Å². The predicted molar refractivity (Wildman–Crippen MR) is 94.0 cm³/mol. The lowest BCUT2D eigenvalue weighted by molar-refractivity contribution is -0.146. The van der Waals surface area contributed by atoms with Crippen molar-refractivity contribution >= 4 is 5.97 Å². The molecular weight excluding hydrogens is 284 g/mol. The first-order valence-electron chi connectivity index (χ1n) is 8.47. The summed E-state index contributed by atoms with van der Waals surface area (Å²) in [4.78, 5) is 11.9. The first-order valence-corrected chi connectivity index (χ1v) is 8.47. The Bertz CT molecular complexity index is 563. The zero-order valence-electron chi connectivity index (χ0n) is 13.9. The molecule has 0 amide bonds. The van der Waals surface area contributed by atoms with E-state index in [1.807, 2.05) is 36.4 Å². The zero-order chi connectivity index (χ0) is 16.3. The maximum atomic E-state index is 11.9. The molecule has 122 valence electrons. The molecule has 0 saturated heterocycles. The van der Waals surface area contributed by atoms with Crippen LogP contribution in [-0.2, 0) is 22.6 Å². The summed E-state index contributed by atoms with van der Waals surface area (Å²) in [6.45, 7) is 2.51. The minimum Gasteiger partial charge on any atom is -0.461 e. The second kappa shape index (κ2) is 9.83. The third-order valence-electron chi connectivity index (χ3n) is 4.01. The minimum atomic E-state index is -0.0931. The number of rotatable bonds is 9. The highest BCUT2D eigenvalue weighted by Crippen LogP contribution is 2.15. The molecule has 0 saturated carbocycles. The lowest BCUT2D eigenvalue weighted by atomic mass is 9.98. The van der Waals surface area contributed by atoms with Gasteiger partial charge in [0.25, 0.3) is 0 Å². The van der Waals surface area contributed by atoms with Gasteiger partial charge in [0, 0.05) is 6.42 Å². The maximum absolute atomic E-state index is 11.9. The van der Waals surface area contributed by atoms with Crippen molar-refractivity contribution in [3.63, 3.8) is 0 Å². The number of hydrogen-bond donors (Lipinski definition) is 0. The second-order valence-corrected chi connectivity index (χ2v) is 6.19. The van der Waals surface area contributed by atoms with Gasteiger partial charge in [-0.15, -0.1) is 0 Å². The van der Waals surface area contributed by atoms with Crippen molar-refractivity contribution in [3.8, 4) is 0 Å². The van der Waals surface area contributed by atoms with Crippen LogP contribution in [0.4, 0.5) is 0 Å². The van der Waals surface area contributed by atoms with Gasteiger partial charge in [-0.3, -0.25) is 4.79 Å². The monoisotopic (exact) mass is 310 g/mol. The van der Waals surface area contributed by atoms with Gasteiger partial charge < -0.3 is 4.74 Å². The molecule has 0 fully saturated rings. The quantitative estimate of drug-likeness (QED) is 0.472. The van der Waals surface area contributed by atoms with Crippen LogP contribution in [0.3, 0.4) is 0 Å². The average Bonchev–Trinajstić information content (AvgIpc) is 2.59. The van der Waals surface area contributed by atoms with Gasteiger partial charge in [0.15, 0.2) is 0 Å². The van der Waals surface area contributed by atoms with Crippen LogP contribution in [0.2, 0.25) is 0 Å². The van der Waals surface area contributed by atoms with E-state index >= 15 is 0 Å². The summed E-state index contributed by atoms with van der Waals surface area (Å²) in [5.74, 6) is 0.290. The summed E-state index contributed by atoms with van der Waals surface area (Å²) in [5.41, 5.74) is 2.43. The molecule has 2 aromatic carbocycles. The van der Waals surface area contributed by atoms with Gasteiger partial charge in [-0.25, -0.2) is 0 Å². The SMILES string of the molecule is CC(CCCCc1ccccc1)CC(=O)OCc1ccccc1. The van der Waals surface area contributed by atoms with E-state index in [1.54, 1.807) is 0 Å². The molecule has 2 rings (SSSR count). The molecule has 2 aromatic rings. The highest BCUT2D eigenvalue weighted by atomic mass is 16.5. The van der Waals surface area contributed by atoms with Crippen molar-refractivity contribution in [2.45, 2.75) is 45.6 Å². The highest BCUT2D eigenvalue weighted by Gasteiger charge is 2.10. The lowest BCUT2D eigenvalue weighted by Gasteiger charge is -2.11. The Morgan fingerprint density at radius 2 is 1.52 bits per heavy atom. The summed E-state index contributed by atoms with van der Waals surface area (Å²) in [6.07, 6.45) is 5.03. The first kappa shape index (κ1) is 17.3. The molecule has 1 unspecified atom stereocenters. The van der Waals surface area contributed by atoms with Crippen molar-refractivity contribution in [1.82, 2.24) is 0 Å². The topological polar surface area (TPSA) is 26.3 Å². The van der Waals surface area contributed by atoms with Crippen LogP contribution in [0.15, 0.2) is 60.7 Å². The normalized spacial score (nSPS) is 11.9. The van der Waals surface area contributed by atoms with Crippen LogP contribution >= 0.6 is 0 Å². The number of hydrogen-bond acceptors (Lipinski definition) is 2. The van der Waals surface area contributed by atoms with Crippen molar-refractivity contribution in [1.29, 1.82) is 0 Å². The highest BCUT2D eigenvalue weighted by molar-refractivity contribution is 5.69. The Morgan fingerprint density at radius 1 is 0.913 bits per heavy atom. The molecule has 0 aromatic heterocycles. The number of carbonyl (C=O) groups is 1. The molecule has 23 heavy (non-hydrogen) atoms. The second-order valence-electron chi connectivity index (χ2n) is 6.19. The van der Waals surface area contributed by atoms with Crippen LogP contribution in [0, 0.1) is 5.92 Å². The predicted octanol–water partition coefficient (Wildman–Crippen LogP) is 5.17. The van der Waals surface area contributed by atoms with Crippen LogP contribution in [0.5, 0.6) is 0 Å². The molecule has 2 heteroatoms. The van der Waals surface area contributed by atoms with Crippen molar-refractivity contribution in [3.05, 3.63) is 71.8 Å². The summed E-state index contributed by atoms with van der Waals surface area (Å²) in [5, 5.41) is 0. The largest absolute Gasteiger partial charge is 0.461 e. The van der Waals surface area contributed by atoms with E-state index in [4.69, 9.17) is 4.74 Å². The van der Waals surface area contributed by atoms with Gasteiger partial charge in [0.1, 0.15) is 6.61 Å². The number of benzene rings is 2. The van der Waals surface area contributed by atoms with Crippen LogP contribution in [-0.4, -0.2) is 5.97 Å². The molecule has 0 N–H and O–H groups in total. The smallest absolute Gasteiger partial charge is 0.306 e. The third-order valence-corrected chi connectivity index (χ3v) is 4.01. The van der Waals surface area contributed by atoms with E-state index < -0.39 is 0 Å². The van der Waals surface area contributed by atoms with Crippen molar-refractivity contribution in [2.75, 3.05) is 0 Å². The Labute approximate surface area is 139 Å². The number of aryl methyl sites for hydroxylation is 1. The van der Waals surface area contributed by atoms with E-state index in [2.05, 4.69) is 31.2 Å². The zero-order valence-corrected chi connectivity index (χ0v) is 13.9. The summed E-state index contributed by atoms with van der Waals surface area (Å²) in [6, 6.07) is 20.4. The van der Waals surface area contributed by atoms with Gasteiger partial charge >= 0.3 is 5.97 Å². The standard InChI is InChI=1S/C21H26O2/c1-18(10-8-9-13-19-11-4-2-5-12-19)16-21(22)23-17-20-14-6-3-7-15-20/h2-7,11-12,14-15,18H,8-10,13,16-17H2,1H3. The molecule has 2 nitrogen and oxygen atoms in total. The molecule has 0 aliphatic rings. The van der Waals surface area contributed by atoms with E-state index in [-0.39, 0.29) is 5.97 Å².